The minimum absolute atomic E-state index is 0. The monoisotopic (exact) mass is 121 g/mol. The van der Waals surface area contributed by atoms with Gasteiger partial charge in [-0.25, -0.2) is 0 Å². The van der Waals surface area contributed by atoms with Crippen molar-refractivity contribution in [2.75, 3.05) is 6.61 Å². The van der Waals surface area contributed by atoms with Crippen LogP contribution < -0.4 is 6.15 Å². The molecule has 0 heterocycles. The maximum Gasteiger partial charge on any atom is 0.633 e. The van der Waals surface area contributed by atoms with Crippen LogP contribution in [0.2, 0.25) is 0 Å². The molecule has 0 radical (unpaired) electrons. The van der Waals surface area contributed by atoms with Gasteiger partial charge in [0.15, 0.2) is 0 Å². The summed E-state index contributed by atoms with van der Waals surface area (Å²) in [4.78, 5) is 0. The molecular formula is C3H12BNO3. The molecule has 0 aromatic heterocycles. The van der Waals surface area contributed by atoms with Crippen molar-refractivity contribution in [2.45, 2.75) is 13.3 Å². The third-order valence-corrected chi connectivity index (χ3v) is 0.471. The molecule has 0 saturated heterocycles. The molecule has 50 valence electrons. The number of hydrogen-bond donors (Lipinski definition) is 3. The van der Waals surface area contributed by atoms with Gasteiger partial charge in [0.2, 0.25) is 0 Å². The van der Waals surface area contributed by atoms with Gasteiger partial charge >= 0.3 is 7.32 Å². The van der Waals surface area contributed by atoms with Crippen LogP contribution in [0.4, 0.5) is 0 Å². The molecule has 8 heavy (non-hydrogen) atoms. The first-order valence-corrected chi connectivity index (χ1v) is 2.25. The Morgan fingerprint density at radius 2 is 2.00 bits per heavy atom. The Kier molecular flexibility index (Phi) is 9.33. The van der Waals surface area contributed by atoms with E-state index >= 15 is 0 Å². The van der Waals surface area contributed by atoms with E-state index in [1.54, 1.807) is 0 Å². The SMILES string of the molecule is CCCOB(O)O.N. The van der Waals surface area contributed by atoms with E-state index in [1.165, 1.54) is 0 Å². The zero-order chi connectivity index (χ0) is 5.70. The summed E-state index contributed by atoms with van der Waals surface area (Å²) in [6.45, 7) is 2.29. The summed E-state index contributed by atoms with van der Waals surface area (Å²) in [6.07, 6.45) is 0.803. The first-order chi connectivity index (χ1) is 3.27. The fraction of sp³-hybridized carbons (Fsp3) is 1.00. The van der Waals surface area contributed by atoms with Crippen molar-refractivity contribution in [3.8, 4) is 0 Å². The predicted octanol–water partition coefficient (Wildman–Crippen LogP) is -0.456. The van der Waals surface area contributed by atoms with Gasteiger partial charge in [0.1, 0.15) is 0 Å². The molecule has 0 aromatic rings. The Hall–Kier alpha value is -0.0951. The summed E-state index contributed by atoms with van der Waals surface area (Å²) in [5, 5.41) is 16.0. The molecule has 0 aliphatic rings. The Labute approximate surface area is 49.2 Å². The third-order valence-electron chi connectivity index (χ3n) is 0.471. The molecule has 0 atom stereocenters. The van der Waals surface area contributed by atoms with Crippen LogP contribution in [0.1, 0.15) is 13.3 Å². The zero-order valence-corrected chi connectivity index (χ0v) is 5.00. The van der Waals surface area contributed by atoms with Gasteiger partial charge in [-0.1, -0.05) is 6.92 Å². The molecule has 0 unspecified atom stereocenters. The van der Waals surface area contributed by atoms with Gasteiger partial charge in [-0.2, -0.15) is 0 Å². The molecule has 0 bridgehead atoms. The van der Waals surface area contributed by atoms with Crippen molar-refractivity contribution < 1.29 is 14.7 Å². The molecule has 4 nitrogen and oxygen atoms in total. The first kappa shape index (κ1) is 10.8. The second-order valence-electron chi connectivity index (χ2n) is 1.20. The Morgan fingerprint density at radius 3 is 2.12 bits per heavy atom. The van der Waals surface area contributed by atoms with Crippen LogP contribution in [-0.2, 0) is 4.65 Å². The average Bonchev–Trinajstić information content (AvgIpc) is 1.61. The van der Waals surface area contributed by atoms with Gasteiger partial charge in [0, 0.05) is 6.61 Å². The second kappa shape index (κ2) is 6.90. The molecule has 5 N–H and O–H groups in total. The highest BCUT2D eigenvalue weighted by Crippen LogP contribution is 1.78. The van der Waals surface area contributed by atoms with Crippen molar-refractivity contribution in [3.05, 3.63) is 0 Å². The standard InChI is InChI=1S/C3H9BO3.H3N/c1-2-3-7-4(5)6;/h5-6H,2-3H2,1H3;1H3. The van der Waals surface area contributed by atoms with Crippen LogP contribution >= 0.6 is 0 Å². The van der Waals surface area contributed by atoms with E-state index in [1.807, 2.05) is 6.92 Å². The van der Waals surface area contributed by atoms with E-state index in [9.17, 15) is 0 Å². The van der Waals surface area contributed by atoms with Crippen molar-refractivity contribution in [2.24, 2.45) is 0 Å². The maximum atomic E-state index is 8.02. The van der Waals surface area contributed by atoms with Crippen molar-refractivity contribution in [3.63, 3.8) is 0 Å². The van der Waals surface area contributed by atoms with E-state index in [-0.39, 0.29) is 6.15 Å². The Balaban J connectivity index is 0. The lowest BCUT2D eigenvalue weighted by Gasteiger charge is -1.95. The van der Waals surface area contributed by atoms with Gasteiger partial charge in [0.25, 0.3) is 0 Å². The lowest BCUT2D eigenvalue weighted by Crippen LogP contribution is -2.16. The molecule has 0 aliphatic carbocycles. The lowest BCUT2D eigenvalue weighted by atomic mass is 10.3. The molecule has 0 spiro atoms. The molecule has 0 aromatic carbocycles. The zero-order valence-electron chi connectivity index (χ0n) is 5.00. The van der Waals surface area contributed by atoms with Crippen molar-refractivity contribution >= 4 is 7.32 Å². The van der Waals surface area contributed by atoms with Crippen molar-refractivity contribution in [1.29, 1.82) is 0 Å². The van der Waals surface area contributed by atoms with E-state index in [0.29, 0.717) is 6.61 Å². The minimum atomic E-state index is -1.60. The predicted molar refractivity (Wildman–Crippen MR) is 31.5 cm³/mol. The van der Waals surface area contributed by atoms with Crippen LogP contribution in [0.5, 0.6) is 0 Å². The van der Waals surface area contributed by atoms with Crippen LogP contribution in [0, 0.1) is 0 Å². The van der Waals surface area contributed by atoms with E-state index in [2.05, 4.69) is 4.65 Å². The normalized spacial score (nSPS) is 7.88. The summed E-state index contributed by atoms with van der Waals surface area (Å²) in [6, 6.07) is 0. The molecule has 0 aliphatic heterocycles. The molecule has 0 saturated carbocycles. The van der Waals surface area contributed by atoms with Gasteiger partial charge < -0.3 is 20.9 Å². The van der Waals surface area contributed by atoms with Crippen molar-refractivity contribution in [1.82, 2.24) is 6.15 Å². The third kappa shape index (κ3) is 9.32. The highest BCUT2D eigenvalue weighted by atomic mass is 16.6. The van der Waals surface area contributed by atoms with Gasteiger partial charge in [0.05, 0.1) is 0 Å². The Morgan fingerprint density at radius 1 is 1.50 bits per heavy atom. The van der Waals surface area contributed by atoms with Gasteiger partial charge in [-0.15, -0.1) is 0 Å². The summed E-state index contributed by atoms with van der Waals surface area (Å²) < 4.78 is 4.30. The second-order valence-corrected chi connectivity index (χ2v) is 1.20. The molecule has 0 rings (SSSR count). The van der Waals surface area contributed by atoms with E-state index in [4.69, 9.17) is 10.0 Å². The largest absolute Gasteiger partial charge is 0.633 e. The first-order valence-electron chi connectivity index (χ1n) is 2.25. The van der Waals surface area contributed by atoms with Crippen LogP contribution in [0.3, 0.4) is 0 Å². The summed E-state index contributed by atoms with van der Waals surface area (Å²) in [7, 11) is -1.60. The quantitative estimate of drug-likeness (QED) is 0.441. The van der Waals surface area contributed by atoms with Crippen LogP contribution in [-0.4, -0.2) is 24.0 Å². The van der Waals surface area contributed by atoms with Gasteiger partial charge in [-0.05, 0) is 6.42 Å². The molecule has 5 heteroatoms. The summed E-state index contributed by atoms with van der Waals surface area (Å²) in [5.74, 6) is 0. The smallest absolute Gasteiger partial charge is 0.402 e. The highest BCUT2D eigenvalue weighted by Gasteiger charge is 2.04. The van der Waals surface area contributed by atoms with Gasteiger partial charge in [-0.3, -0.25) is 0 Å². The fourth-order valence-corrected chi connectivity index (χ4v) is 0.223. The molecule has 0 fully saturated rings. The van der Waals surface area contributed by atoms with E-state index < -0.39 is 7.32 Å². The number of hydrogen-bond acceptors (Lipinski definition) is 4. The topological polar surface area (TPSA) is 84.7 Å². The fourth-order valence-electron chi connectivity index (χ4n) is 0.223. The highest BCUT2D eigenvalue weighted by molar-refractivity contribution is 6.32. The molecule has 0 amide bonds. The minimum Gasteiger partial charge on any atom is -0.402 e. The average molecular weight is 121 g/mol. The molecular weight excluding hydrogens is 109 g/mol. The van der Waals surface area contributed by atoms with E-state index in [0.717, 1.165) is 6.42 Å². The summed E-state index contributed by atoms with van der Waals surface area (Å²) >= 11 is 0. The number of rotatable bonds is 3. The van der Waals surface area contributed by atoms with Crippen LogP contribution in [0.25, 0.3) is 0 Å². The Bertz CT molecular complexity index is 43.5. The summed E-state index contributed by atoms with van der Waals surface area (Å²) in [5.41, 5.74) is 0. The maximum absolute atomic E-state index is 8.02. The van der Waals surface area contributed by atoms with Crippen LogP contribution in [0.15, 0.2) is 0 Å². The lowest BCUT2D eigenvalue weighted by molar-refractivity contribution is 0.186.